The summed E-state index contributed by atoms with van der Waals surface area (Å²) in [4.78, 5) is 0. The zero-order chi connectivity index (χ0) is 11.7. The van der Waals surface area contributed by atoms with E-state index in [2.05, 4.69) is 34.7 Å². The van der Waals surface area contributed by atoms with Crippen molar-refractivity contribution in [3.63, 3.8) is 0 Å². The van der Waals surface area contributed by atoms with Gasteiger partial charge in [0.2, 0.25) is 0 Å². The topological polar surface area (TPSA) is 34.2 Å². The van der Waals surface area contributed by atoms with Crippen molar-refractivity contribution in [2.24, 2.45) is 0 Å². The monoisotopic (exact) mass is 226 g/mol. The van der Waals surface area contributed by atoms with E-state index in [4.69, 9.17) is 4.74 Å². The zero-order valence-electron chi connectivity index (χ0n) is 9.63. The van der Waals surface area contributed by atoms with Gasteiger partial charge in [0.1, 0.15) is 11.9 Å². The average Bonchev–Trinajstić information content (AvgIpc) is 3.20. The minimum Gasteiger partial charge on any atom is -0.497 e. The lowest BCUT2D eigenvalue weighted by atomic mass is 10.2. The Bertz CT molecular complexity index is 495. The van der Waals surface area contributed by atoms with E-state index in [1.165, 1.54) is 11.3 Å². The highest BCUT2D eigenvalue weighted by Gasteiger charge is 2.34. The van der Waals surface area contributed by atoms with Crippen molar-refractivity contribution in [3.8, 4) is 5.75 Å². The number of para-hydroxylation sites is 1. The summed E-state index contributed by atoms with van der Waals surface area (Å²) < 4.78 is 5.15. The molecule has 0 bridgehead atoms. The molecule has 1 unspecified atom stereocenters. The van der Waals surface area contributed by atoms with Crippen LogP contribution in [-0.2, 0) is 0 Å². The molecule has 3 heteroatoms. The van der Waals surface area contributed by atoms with Crippen molar-refractivity contribution >= 4 is 5.69 Å². The molecule has 1 aliphatic rings. The van der Waals surface area contributed by atoms with Crippen LogP contribution in [-0.4, -0.2) is 7.11 Å². The molecule has 2 aromatic carbocycles. The maximum atomic E-state index is 5.15. The number of rotatable bonds is 3. The smallest absolute Gasteiger partial charge is 0.137 e. The van der Waals surface area contributed by atoms with Crippen LogP contribution in [0.4, 0.5) is 5.69 Å². The highest BCUT2D eigenvalue weighted by molar-refractivity contribution is 5.53. The second-order valence-corrected chi connectivity index (χ2v) is 4.01. The van der Waals surface area contributed by atoms with Crippen LogP contribution in [0.25, 0.3) is 0 Å². The molecule has 86 valence electrons. The van der Waals surface area contributed by atoms with Crippen molar-refractivity contribution in [1.29, 1.82) is 0 Å². The molecule has 0 aliphatic carbocycles. The van der Waals surface area contributed by atoms with Crippen LogP contribution >= 0.6 is 0 Å². The average molecular weight is 226 g/mol. The molecule has 17 heavy (non-hydrogen) atoms. The number of anilines is 1. The largest absolute Gasteiger partial charge is 0.497 e. The van der Waals surface area contributed by atoms with Gasteiger partial charge in [-0.05, 0) is 29.8 Å². The molecule has 0 radical (unpaired) electrons. The molecule has 1 aliphatic heterocycles. The summed E-state index contributed by atoms with van der Waals surface area (Å²) in [7, 11) is 1.68. The Morgan fingerprint density at radius 3 is 2.35 bits per heavy atom. The summed E-state index contributed by atoms with van der Waals surface area (Å²) in [6.07, 6.45) is 0.281. The van der Waals surface area contributed by atoms with Crippen molar-refractivity contribution in [2.75, 3.05) is 12.1 Å². The minimum atomic E-state index is 0.281. The number of methoxy groups -OCH3 is 1. The van der Waals surface area contributed by atoms with E-state index in [0.717, 1.165) is 5.75 Å². The first kappa shape index (κ1) is 10.2. The third kappa shape index (κ3) is 1.97. The van der Waals surface area contributed by atoms with Gasteiger partial charge in [0, 0.05) is 0 Å². The lowest BCUT2D eigenvalue weighted by molar-refractivity contribution is 0.414. The summed E-state index contributed by atoms with van der Waals surface area (Å²) in [5.41, 5.74) is 5.76. The first-order valence-corrected chi connectivity index (χ1v) is 5.63. The van der Waals surface area contributed by atoms with Crippen LogP contribution < -0.4 is 15.2 Å². The third-order valence-corrected chi connectivity index (χ3v) is 2.92. The maximum absolute atomic E-state index is 5.15. The second kappa shape index (κ2) is 4.11. The third-order valence-electron chi connectivity index (χ3n) is 2.92. The summed E-state index contributed by atoms with van der Waals surface area (Å²) in [6.45, 7) is 0. The molecule has 1 saturated heterocycles. The number of nitrogens with one attached hydrogen (secondary N) is 1. The first-order chi connectivity index (χ1) is 8.38. The van der Waals surface area contributed by atoms with Crippen LogP contribution in [0, 0.1) is 0 Å². The minimum absolute atomic E-state index is 0.281. The Labute approximate surface area is 101 Å². The fourth-order valence-corrected chi connectivity index (χ4v) is 1.92. The molecule has 0 aromatic heterocycles. The van der Waals surface area contributed by atoms with Crippen molar-refractivity contribution in [1.82, 2.24) is 5.43 Å². The molecule has 1 N–H and O–H groups in total. The Balaban J connectivity index is 1.76. The molecule has 0 saturated carbocycles. The summed E-state index contributed by atoms with van der Waals surface area (Å²) in [5.74, 6) is 0.890. The van der Waals surface area contributed by atoms with E-state index in [1.807, 2.05) is 30.3 Å². The predicted molar refractivity (Wildman–Crippen MR) is 67.8 cm³/mol. The standard InChI is InChI=1S/C14H14N2O/c1-17-13-9-7-11(8-10-13)14-15-16(14)12-5-3-2-4-6-12/h2-10,14-15H,1H3. The van der Waals surface area contributed by atoms with Crippen LogP contribution in [0.15, 0.2) is 54.6 Å². The number of hydrogen-bond acceptors (Lipinski definition) is 3. The Morgan fingerprint density at radius 1 is 1.00 bits per heavy atom. The number of nitrogens with zero attached hydrogens (tertiary/aromatic N) is 1. The Kier molecular flexibility index (Phi) is 2.46. The molecule has 0 spiro atoms. The normalized spacial score (nSPS) is 17.9. The Hall–Kier alpha value is -2.00. The predicted octanol–water partition coefficient (Wildman–Crippen LogP) is 2.72. The molecule has 2 aromatic rings. The van der Waals surface area contributed by atoms with Crippen LogP contribution in [0.5, 0.6) is 5.75 Å². The van der Waals surface area contributed by atoms with Gasteiger partial charge in [-0.25, -0.2) is 5.43 Å². The van der Waals surface area contributed by atoms with Gasteiger partial charge >= 0.3 is 0 Å². The van der Waals surface area contributed by atoms with Gasteiger partial charge in [0.05, 0.1) is 12.8 Å². The summed E-state index contributed by atoms with van der Waals surface area (Å²) in [5, 5.41) is 2.14. The van der Waals surface area contributed by atoms with Gasteiger partial charge < -0.3 is 4.74 Å². The lowest BCUT2D eigenvalue weighted by Gasteiger charge is -2.03. The van der Waals surface area contributed by atoms with Gasteiger partial charge in [0.15, 0.2) is 0 Å². The first-order valence-electron chi connectivity index (χ1n) is 5.63. The van der Waals surface area contributed by atoms with Gasteiger partial charge in [-0.1, -0.05) is 30.3 Å². The molecule has 3 rings (SSSR count). The van der Waals surface area contributed by atoms with Gasteiger partial charge in [0.25, 0.3) is 0 Å². The van der Waals surface area contributed by atoms with E-state index in [0.29, 0.717) is 0 Å². The number of benzene rings is 2. The van der Waals surface area contributed by atoms with E-state index < -0.39 is 0 Å². The summed E-state index contributed by atoms with van der Waals surface area (Å²) >= 11 is 0. The fourth-order valence-electron chi connectivity index (χ4n) is 1.92. The van der Waals surface area contributed by atoms with Crippen LogP contribution in [0.1, 0.15) is 11.7 Å². The van der Waals surface area contributed by atoms with E-state index in [9.17, 15) is 0 Å². The fraction of sp³-hybridized carbons (Fsp3) is 0.143. The molecular formula is C14H14N2O. The zero-order valence-corrected chi connectivity index (χ0v) is 9.63. The number of hydrazine groups is 1. The molecule has 1 heterocycles. The maximum Gasteiger partial charge on any atom is 0.137 e. The van der Waals surface area contributed by atoms with Crippen LogP contribution in [0.3, 0.4) is 0 Å². The van der Waals surface area contributed by atoms with Gasteiger partial charge in [-0.3, -0.25) is 5.01 Å². The second-order valence-electron chi connectivity index (χ2n) is 4.01. The van der Waals surface area contributed by atoms with E-state index in [1.54, 1.807) is 7.11 Å². The van der Waals surface area contributed by atoms with Crippen LogP contribution in [0.2, 0.25) is 0 Å². The molecule has 1 atom stereocenters. The van der Waals surface area contributed by atoms with Gasteiger partial charge in [-0.15, -0.1) is 0 Å². The number of ether oxygens (including phenoxy) is 1. The number of hydrogen-bond donors (Lipinski definition) is 1. The molecule has 0 amide bonds. The van der Waals surface area contributed by atoms with Gasteiger partial charge in [-0.2, -0.15) is 0 Å². The van der Waals surface area contributed by atoms with Crippen molar-refractivity contribution in [2.45, 2.75) is 6.17 Å². The summed E-state index contributed by atoms with van der Waals surface area (Å²) in [6, 6.07) is 18.4. The molecule has 3 nitrogen and oxygen atoms in total. The van der Waals surface area contributed by atoms with E-state index >= 15 is 0 Å². The lowest BCUT2D eigenvalue weighted by Crippen LogP contribution is -1.95. The SMILES string of the molecule is COc1ccc(C2NN2c2ccccc2)cc1. The highest BCUT2D eigenvalue weighted by atomic mass is 16.5. The molecular weight excluding hydrogens is 212 g/mol. The van der Waals surface area contributed by atoms with E-state index in [-0.39, 0.29) is 6.17 Å². The highest BCUT2D eigenvalue weighted by Crippen LogP contribution is 2.34. The van der Waals surface area contributed by atoms with Crippen molar-refractivity contribution < 1.29 is 4.74 Å². The quantitative estimate of drug-likeness (QED) is 0.817. The molecule has 1 fully saturated rings. The van der Waals surface area contributed by atoms with Crippen molar-refractivity contribution in [3.05, 3.63) is 60.2 Å². The Morgan fingerprint density at radius 2 is 1.71 bits per heavy atom.